The molecular formula is C29H25F3O3S2. The average Bonchev–Trinajstić information content (AvgIpc) is 3.30. The molecule has 0 bridgehead atoms. The van der Waals surface area contributed by atoms with Gasteiger partial charge in [-0.15, -0.1) is 23.1 Å². The van der Waals surface area contributed by atoms with Gasteiger partial charge >= 0.3 is 12.1 Å². The monoisotopic (exact) mass is 542 g/mol. The minimum atomic E-state index is -4.38. The number of ether oxygens (including phenoxy) is 2. The van der Waals surface area contributed by atoms with Gasteiger partial charge in [0.15, 0.2) is 6.61 Å². The van der Waals surface area contributed by atoms with Crippen molar-refractivity contribution in [2.75, 3.05) is 19.0 Å². The number of aryl methyl sites for hydroxylation is 1. The van der Waals surface area contributed by atoms with Crippen LogP contribution >= 0.6 is 23.1 Å². The van der Waals surface area contributed by atoms with E-state index in [0.717, 1.165) is 48.7 Å². The van der Waals surface area contributed by atoms with Gasteiger partial charge in [-0.25, -0.2) is 4.79 Å². The van der Waals surface area contributed by atoms with Gasteiger partial charge in [0.2, 0.25) is 0 Å². The number of hydrogen-bond donors (Lipinski definition) is 0. The van der Waals surface area contributed by atoms with Crippen molar-refractivity contribution in [1.29, 1.82) is 0 Å². The molecule has 192 valence electrons. The van der Waals surface area contributed by atoms with Crippen LogP contribution in [0.4, 0.5) is 13.2 Å². The summed E-state index contributed by atoms with van der Waals surface area (Å²) in [7, 11) is 0. The molecule has 1 heterocycles. The van der Waals surface area contributed by atoms with E-state index < -0.39 is 17.7 Å². The number of rotatable bonds is 9. The Hall–Kier alpha value is -3.23. The molecule has 0 aliphatic carbocycles. The van der Waals surface area contributed by atoms with E-state index in [-0.39, 0.29) is 6.61 Å². The van der Waals surface area contributed by atoms with Crippen molar-refractivity contribution in [2.24, 2.45) is 0 Å². The third kappa shape index (κ3) is 6.96. The summed E-state index contributed by atoms with van der Waals surface area (Å²) in [5.74, 6) is 0.818. The fourth-order valence-electron chi connectivity index (χ4n) is 3.75. The smallest absolute Gasteiger partial charge is 0.416 e. The molecule has 4 rings (SSSR count). The van der Waals surface area contributed by atoms with Crippen molar-refractivity contribution in [3.63, 3.8) is 0 Å². The van der Waals surface area contributed by atoms with Crippen molar-refractivity contribution in [3.8, 4) is 5.75 Å². The molecule has 0 aliphatic heterocycles. The second-order valence-electron chi connectivity index (χ2n) is 8.17. The van der Waals surface area contributed by atoms with Crippen LogP contribution in [-0.2, 0) is 15.7 Å². The second kappa shape index (κ2) is 11.9. The molecule has 4 aromatic rings. The first-order valence-electron chi connectivity index (χ1n) is 11.6. The van der Waals surface area contributed by atoms with E-state index in [1.54, 1.807) is 30.0 Å². The molecule has 0 radical (unpaired) electrons. The van der Waals surface area contributed by atoms with Gasteiger partial charge in [0.05, 0.1) is 12.2 Å². The van der Waals surface area contributed by atoms with Crippen molar-refractivity contribution in [3.05, 3.63) is 100 Å². The standard InChI is InChI=1S/C29H25F3O3S2/c1-3-34-28(33)18-35-25-13-12-23(16-19(25)2)36-15-14-24(20-8-10-22(11-9-20)29(30,31)32)27-17-21-6-4-5-7-26(21)37-27/h4-14,16-17H,3,15,18H2,1-2H3/b24-14-. The van der Waals surface area contributed by atoms with E-state index in [1.807, 2.05) is 49.4 Å². The lowest BCUT2D eigenvalue weighted by molar-refractivity contribution is -0.145. The molecule has 0 N–H and O–H groups in total. The van der Waals surface area contributed by atoms with Crippen LogP contribution < -0.4 is 4.74 Å². The van der Waals surface area contributed by atoms with Crippen LogP contribution in [-0.4, -0.2) is 24.9 Å². The van der Waals surface area contributed by atoms with E-state index in [0.29, 0.717) is 18.1 Å². The molecule has 0 aliphatic rings. The summed E-state index contributed by atoms with van der Waals surface area (Å²) in [6, 6.07) is 21.1. The molecule has 3 nitrogen and oxygen atoms in total. The maximum absolute atomic E-state index is 13.1. The number of hydrogen-bond acceptors (Lipinski definition) is 5. The summed E-state index contributed by atoms with van der Waals surface area (Å²) >= 11 is 3.23. The maximum Gasteiger partial charge on any atom is 0.416 e. The summed E-state index contributed by atoms with van der Waals surface area (Å²) in [5, 5.41) is 1.10. The van der Waals surface area contributed by atoms with Crippen LogP contribution in [0.15, 0.2) is 83.8 Å². The lowest BCUT2D eigenvalue weighted by atomic mass is 10.0. The van der Waals surface area contributed by atoms with Gasteiger partial charge in [0.1, 0.15) is 5.75 Å². The van der Waals surface area contributed by atoms with Gasteiger partial charge in [0.25, 0.3) is 0 Å². The van der Waals surface area contributed by atoms with E-state index in [1.165, 1.54) is 12.1 Å². The Morgan fingerprint density at radius 2 is 1.78 bits per heavy atom. The summed E-state index contributed by atoms with van der Waals surface area (Å²) in [6.45, 7) is 3.81. The van der Waals surface area contributed by atoms with E-state index in [9.17, 15) is 18.0 Å². The van der Waals surface area contributed by atoms with Crippen molar-refractivity contribution < 1.29 is 27.4 Å². The quantitative estimate of drug-likeness (QED) is 0.157. The zero-order valence-electron chi connectivity index (χ0n) is 20.3. The first-order chi connectivity index (χ1) is 17.7. The normalized spacial score (nSPS) is 12.1. The number of thioether (sulfide) groups is 1. The number of benzene rings is 3. The number of thiophene rings is 1. The van der Waals surface area contributed by atoms with Crippen LogP contribution in [0.3, 0.4) is 0 Å². The minimum Gasteiger partial charge on any atom is -0.482 e. The molecule has 0 amide bonds. The first kappa shape index (κ1) is 26.8. The Morgan fingerprint density at radius 1 is 1.03 bits per heavy atom. The van der Waals surface area contributed by atoms with Gasteiger partial charge in [-0.05, 0) is 78.4 Å². The summed E-state index contributed by atoms with van der Waals surface area (Å²) in [6.07, 6.45) is -2.32. The molecule has 0 atom stereocenters. The number of carbonyl (C=O) groups is 1. The lowest BCUT2D eigenvalue weighted by Crippen LogP contribution is -2.14. The number of alkyl halides is 3. The third-order valence-electron chi connectivity index (χ3n) is 5.55. The number of halogens is 3. The van der Waals surface area contributed by atoms with E-state index in [2.05, 4.69) is 12.1 Å². The predicted molar refractivity (Wildman–Crippen MR) is 144 cm³/mol. The molecular weight excluding hydrogens is 517 g/mol. The van der Waals surface area contributed by atoms with Gasteiger partial charge in [-0.1, -0.05) is 36.4 Å². The summed E-state index contributed by atoms with van der Waals surface area (Å²) in [5.41, 5.74) is 1.86. The SMILES string of the molecule is CCOC(=O)COc1ccc(SC/C=C(/c2ccc(C(F)(F)F)cc2)c2cc3ccccc3s2)cc1C. The van der Waals surface area contributed by atoms with E-state index >= 15 is 0 Å². The van der Waals surface area contributed by atoms with Crippen molar-refractivity contribution in [2.45, 2.75) is 24.9 Å². The number of fused-ring (bicyclic) bond motifs is 1. The van der Waals surface area contributed by atoms with Crippen LogP contribution in [0, 0.1) is 6.92 Å². The molecule has 0 saturated heterocycles. The highest BCUT2D eigenvalue weighted by molar-refractivity contribution is 7.99. The topological polar surface area (TPSA) is 35.5 Å². The summed E-state index contributed by atoms with van der Waals surface area (Å²) < 4.78 is 50.9. The van der Waals surface area contributed by atoms with Crippen molar-refractivity contribution >= 4 is 44.7 Å². The molecule has 3 aromatic carbocycles. The Balaban J connectivity index is 1.54. The number of carbonyl (C=O) groups excluding carboxylic acids is 1. The average molecular weight is 543 g/mol. The van der Waals surface area contributed by atoms with Gasteiger partial charge in [0, 0.05) is 20.2 Å². The third-order valence-corrected chi connectivity index (χ3v) is 7.62. The van der Waals surface area contributed by atoms with Crippen LogP contribution in [0.25, 0.3) is 15.7 Å². The molecule has 37 heavy (non-hydrogen) atoms. The Labute approximate surface area is 221 Å². The Morgan fingerprint density at radius 3 is 2.46 bits per heavy atom. The van der Waals surface area contributed by atoms with Crippen LogP contribution in [0.2, 0.25) is 0 Å². The molecule has 0 unspecified atom stereocenters. The van der Waals surface area contributed by atoms with Gasteiger partial charge in [-0.3, -0.25) is 0 Å². The highest BCUT2D eigenvalue weighted by Gasteiger charge is 2.30. The zero-order valence-corrected chi connectivity index (χ0v) is 21.9. The summed E-state index contributed by atoms with van der Waals surface area (Å²) in [4.78, 5) is 13.6. The molecule has 0 spiro atoms. The lowest BCUT2D eigenvalue weighted by Gasteiger charge is -2.11. The first-order valence-corrected chi connectivity index (χ1v) is 13.4. The van der Waals surface area contributed by atoms with Gasteiger partial charge in [-0.2, -0.15) is 13.2 Å². The number of esters is 1. The van der Waals surface area contributed by atoms with Crippen molar-refractivity contribution in [1.82, 2.24) is 0 Å². The molecule has 0 saturated carbocycles. The van der Waals surface area contributed by atoms with Crippen LogP contribution in [0.1, 0.15) is 28.5 Å². The van der Waals surface area contributed by atoms with E-state index in [4.69, 9.17) is 9.47 Å². The highest BCUT2D eigenvalue weighted by atomic mass is 32.2. The Bertz CT molecular complexity index is 1370. The molecule has 1 aromatic heterocycles. The maximum atomic E-state index is 13.1. The Kier molecular flexibility index (Phi) is 8.61. The minimum absolute atomic E-state index is 0.143. The largest absolute Gasteiger partial charge is 0.482 e. The zero-order chi connectivity index (χ0) is 26.4. The second-order valence-corrected chi connectivity index (χ2v) is 10.4. The molecule has 0 fully saturated rings. The van der Waals surface area contributed by atoms with Crippen LogP contribution in [0.5, 0.6) is 5.75 Å². The molecule has 8 heteroatoms. The highest BCUT2D eigenvalue weighted by Crippen LogP contribution is 2.36. The van der Waals surface area contributed by atoms with Gasteiger partial charge < -0.3 is 9.47 Å². The predicted octanol–water partition coefficient (Wildman–Crippen LogP) is 8.39. The fourth-order valence-corrected chi connectivity index (χ4v) is 5.74. The fraction of sp³-hybridized carbons (Fsp3) is 0.207.